The second-order valence-electron chi connectivity index (χ2n) is 5.58. The van der Waals surface area contributed by atoms with E-state index in [1.54, 1.807) is 18.3 Å². The van der Waals surface area contributed by atoms with Crippen LogP contribution in [0.15, 0.2) is 30.5 Å². The van der Waals surface area contributed by atoms with Gasteiger partial charge in [0.25, 0.3) is 5.91 Å². The fraction of sp³-hybridized carbons (Fsp3) is 0.294. The lowest BCUT2D eigenvalue weighted by Crippen LogP contribution is -2.24. The number of aromatic nitrogens is 1. The summed E-state index contributed by atoms with van der Waals surface area (Å²) in [5.74, 6) is 1.60. The zero-order valence-corrected chi connectivity index (χ0v) is 14.3. The molecule has 0 unspecified atom stereocenters. The molecular formula is C17H18ClN3O3. The molecule has 0 fully saturated rings. The summed E-state index contributed by atoms with van der Waals surface area (Å²) < 4.78 is 11.0. The van der Waals surface area contributed by atoms with E-state index < -0.39 is 0 Å². The number of carbonyl (C=O) groups is 1. The van der Waals surface area contributed by atoms with Gasteiger partial charge < -0.3 is 19.7 Å². The average Bonchev–Trinajstić information content (AvgIpc) is 2.60. The summed E-state index contributed by atoms with van der Waals surface area (Å²) in [4.78, 5) is 18.5. The largest absolute Gasteiger partial charge is 0.486 e. The number of halogens is 1. The lowest BCUT2D eigenvalue weighted by atomic mass is 10.1. The molecular weight excluding hydrogens is 330 g/mol. The smallest absolute Gasteiger partial charge is 0.251 e. The molecule has 1 amide bonds. The van der Waals surface area contributed by atoms with Gasteiger partial charge in [0.2, 0.25) is 0 Å². The summed E-state index contributed by atoms with van der Waals surface area (Å²) in [5, 5.41) is 3.25. The van der Waals surface area contributed by atoms with Gasteiger partial charge in [-0.05, 0) is 29.8 Å². The van der Waals surface area contributed by atoms with Gasteiger partial charge >= 0.3 is 0 Å². The van der Waals surface area contributed by atoms with Gasteiger partial charge in [0, 0.05) is 32.4 Å². The van der Waals surface area contributed by atoms with E-state index in [0.717, 1.165) is 11.4 Å². The Kier molecular flexibility index (Phi) is 4.76. The number of anilines is 1. The highest BCUT2D eigenvalue weighted by Gasteiger charge is 2.19. The monoisotopic (exact) mass is 347 g/mol. The SMILES string of the molecule is CN(C)c1cc(CNC(=O)c2cc(Cl)c3c(c2)OCCO3)ccn1. The Morgan fingerprint density at radius 1 is 1.29 bits per heavy atom. The van der Waals surface area contributed by atoms with Crippen molar-refractivity contribution in [1.29, 1.82) is 0 Å². The summed E-state index contributed by atoms with van der Waals surface area (Å²) in [6, 6.07) is 7.02. The van der Waals surface area contributed by atoms with Crippen LogP contribution in [0.1, 0.15) is 15.9 Å². The number of ether oxygens (including phenoxy) is 2. The van der Waals surface area contributed by atoms with Crippen molar-refractivity contribution < 1.29 is 14.3 Å². The predicted octanol–water partition coefficient (Wildman–Crippen LogP) is 2.50. The van der Waals surface area contributed by atoms with Crippen molar-refractivity contribution in [2.24, 2.45) is 0 Å². The molecule has 1 aromatic heterocycles. The van der Waals surface area contributed by atoms with E-state index in [1.807, 2.05) is 31.1 Å². The van der Waals surface area contributed by atoms with Crippen molar-refractivity contribution in [2.45, 2.75) is 6.54 Å². The van der Waals surface area contributed by atoms with Crippen LogP contribution in [0, 0.1) is 0 Å². The summed E-state index contributed by atoms with van der Waals surface area (Å²) in [6.45, 7) is 1.29. The van der Waals surface area contributed by atoms with Gasteiger partial charge in [0.05, 0.1) is 5.02 Å². The van der Waals surface area contributed by atoms with Gasteiger partial charge in [0.1, 0.15) is 19.0 Å². The maximum atomic E-state index is 12.4. The van der Waals surface area contributed by atoms with E-state index in [9.17, 15) is 4.79 Å². The normalized spacial score (nSPS) is 12.6. The summed E-state index contributed by atoms with van der Waals surface area (Å²) in [6.07, 6.45) is 1.72. The second kappa shape index (κ2) is 6.97. The summed E-state index contributed by atoms with van der Waals surface area (Å²) in [7, 11) is 3.84. The molecule has 0 bridgehead atoms. The fourth-order valence-electron chi connectivity index (χ4n) is 2.34. The molecule has 1 aliphatic heterocycles. The average molecular weight is 348 g/mol. The molecule has 0 spiro atoms. The van der Waals surface area contributed by atoms with Gasteiger partial charge in [-0.1, -0.05) is 11.6 Å². The first kappa shape index (κ1) is 16.4. The van der Waals surface area contributed by atoms with Crippen LogP contribution in [0.3, 0.4) is 0 Å². The highest BCUT2D eigenvalue weighted by atomic mass is 35.5. The number of hydrogen-bond acceptors (Lipinski definition) is 5. The van der Waals surface area contributed by atoms with Gasteiger partial charge in [-0.15, -0.1) is 0 Å². The molecule has 0 aliphatic carbocycles. The number of nitrogens with zero attached hydrogens (tertiary/aromatic N) is 2. The molecule has 126 valence electrons. The minimum Gasteiger partial charge on any atom is -0.486 e. The highest BCUT2D eigenvalue weighted by molar-refractivity contribution is 6.32. The Labute approximate surface area is 145 Å². The number of nitrogens with one attached hydrogen (secondary N) is 1. The fourth-order valence-corrected chi connectivity index (χ4v) is 2.61. The van der Waals surface area contributed by atoms with Gasteiger partial charge in [0.15, 0.2) is 11.5 Å². The van der Waals surface area contributed by atoms with E-state index in [4.69, 9.17) is 21.1 Å². The first-order valence-corrected chi connectivity index (χ1v) is 7.92. The number of amides is 1. The molecule has 0 saturated carbocycles. The quantitative estimate of drug-likeness (QED) is 0.920. The van der Waals surface area contributed by atoms with Gasteiger partial charge in [-0.25, -0.2) is 4.98 Å². The molecule has 3 rings (SSSR count). The summed E-state index contributed by atoms with van der Waals surface area (Å²) >= 11 is 6.17. The molecule has 1 aliphatic rings. The first-order chi connectivity index (χ1) is 11.5. The Morgan fingerprint density at radius 2 is 2.08 bits per heavy atom. The van der Waals surface area contributed by atoms with Gasteiger partial charge in [-0.2, -0.15) is 0 Å². The van der Waals surface area contributed by atoms with Crippen molar-refractivity contribution >= 4 is 23.3 Å². The zero-order chi connectivity index (χ0) is 17.1. The maximum Gasteiger partial charge on any atom is 0.251 e. The first-order valence-electron chi connectivity index (χ1n) is 7.54. The third-order valence-corrected chi connectivity index (χ3v) is 3.86. The molecule has 0 saturated heterocycles. The topological polar surface area (TPSA) is 63.7 Å². The van der Waals surface area contributed by atoms with E-state index in [0.29, 0.717) is 41.8 Å². The number of carbonyl (C=O) groups excluding carboxylic acids is 1. The maximum absolute atomic E-state index is 12.4. The number of rotatable bonds is 4. The Hall–Kier alpha value is -2.47. The molecule has 1 aromatic carbocycles. The number of benzene rings is 1. The zero-order valence-electron chi connectivity index (χ0n) is 13.5. The van der Waals surface area contributed by atoms with Crippen LogP contribution in [-0.2, 0) is 6.54 Å². The van der Waals surface area contributed by atoms with E-state index in [1.165, 1.54) is 0 Å². The highest BCUT2D eigenvalue weighted by Crippen LogP contribution is 2.38. The lowest BCUT2D eigenvalue weighted by Gasteiger charge is -2.20. The van der Waals surface area contributed by atoms with Crippen LogP contribution in [0.5, 0.6) is 11.5 Å². The number of hydrogen-bond donors (Lipinski definition) is 1. The van der Waals surface area contributed by atoms with Crippen molar-refractivity contribution in [3.8, 4) is 11.5 Å². The third-order valence-electron chi connectivity index (χ3n) is 3.58. The minimum absolute atomic E-state index is 0.225. The Bertz CT molecular complexity index is 765. The molecule has 6 nitrogen and oxygen atoms in total. The standard InChI is InChI=1S/C17H18ClN3O3/c1-21(2)15-7-11(3-4-19-15)10-20-17(22)12-8-13(18)16-14(9-12)23-5-6-24-16/h3-4,7-9H,5-6,10H2,1-2H3,(H,20,22). The van der Waals surface area contributed by atoms with Crippen LogP contribution >= 0.6 is 11.6 Å². The van der Waals surface area contributed by atoms with E-state index >= 15 is 0 Å². The molecule has 7 heteroatoms. The van der Waals surface area contributed by atoms with Crippen molar-refractivity contribution in [3.63, 3.8) is 0 Å². The minimum atomic E-state index is -0.225. The Balaban J connectivity index is 1.71. The van der Waals surface area contributed by atoms with Crippen LogP contribution in [0.2, 0.25) is 5.02 Å². The van der Waals surface area contributed by atoms with Gasteiger partial charge in [-0.3, -0.25) is 4.79 Å². The van der Waals surface area contributed by atoms with Crippen LogP contribution in [-0.4, -0.2) is 38.2 Å². The van der Waals surface area contributed by atoms with Crippen molar-refractivity contribution in [1.82, 2.24) is 10.3 Å². The number of fused-ring (bicyclic) bond motifs is 1. The molecule has 1 N–H and O–H groups in total. The van der Waals surface area contributed by atoms with Crippen LogP contribution in [0.25, 0.3) is 0 Å². The third kappa shape index (κ3) is 3.54. The summed E-state index contributed by atoms with van der Waals surface area (Å²) in [5.41, 5.74) is 1.40. The van der Waals surface area contributed by atoms with E-state index in [2.05, 4.69) is 10.3 Å². The molecule has 2 heterocycles. The van der Waals surface area contributed by atoms with Crippen LogP contribution < -0.4 is 19.7 Å². The lowest BCUT2D eigenvalue weighted by molar-refractivity contribution is 0.0949. The second-order valence-corrected chi connectivity index (χ2v) is 5.99. The van der Waals surface area contributed by atoms with Crippen molar-refractivity contribution in [3.05, 3.63) is 46.6 Å². The molecule has 24 heavy (non-hydrogen) atoms. The van der Waals surface area contributed by atoms with E-state index in [-0.39, 0.29) is 5.91 Å². The van der Waals surface area contributed by atoms with Crippen LogP contribution in [0.4, 0.5) is 5.82 Å². The Morgan fingerprint density at radius 3 is 2.88 bits per heavy atom. The predicted molar refractivity (Wildman–Crippen MR) is 92.2 cm³/mol. The van der Waals surface area contributed by atoms with Crippen molar-refractivity contribution in [2.75, 3.05) is 32.2 Å². The molecule has 0 atom stereocenters. The molecule has 0 radical (unpaired) electrons. The molecule has 2 aromatic rings. The number of pyridine rings is 1.